The average molecular weight is 284 g/mol. The fraction of sp³-hybridized carbons (Fsp3) is 0.0769. The topological polar surface area (TPSA) is 52.5 Å². The molecule has 0 radical (unpaired) electrons. The second kappa shape index (κ2) is 5.38. The van der Waals surface area contributed by atoms with Crippen molar-refractivity contribution in [2.75, 3.05) is 5.32 Å². The van der Waals surface area contributed by atoms with Crippen LogP contribution in [0.25, 0.3) is 0 Å². The summed E-state index contributed by atoms with van der Waals surface area (Å²) in [6, 6.07) is 9.67. The van der Waals surface area contributed by atoms with Gasteiger partial charge in [-0.3, -0.25) is 0 Å². The quantitative estimate of drug-likeness (QED) is 0.798. The van der Waals surface area contributed by atoms with E-state index in [0.29, 0.717) is 22.2 Å². The van der Waals surface area contributed by atoms with Crippen molar-refractivity contribution in [3.8, 4) is 11.5 Å². The van der Waals surface area contributed by atoms with Crippen molar-refractivity contribution in [2.24, 2.45) is 0 Å². The Kier molecular flexibility index (Phi) is 3.84. The first-order chi connectivity index (χ1) is 8.56. The summed E-state index contributed by atoms with van der Waals surface area (Å²) in [5, 5.41) is 22.9. The second-order valence-corrected chi connectivity index (χ2v) is 4.61. The van der Waals surface area contributed by atoms with E-state index in [1.807, 2.05) is 0 Å². The molecule has 0 saturated heterocycles. The highest BCUT2D eigenvalue weighted by atomic mass is 35.5. The monoisotopic (exact) mass is 283 g/mol. The zero-order chi connectivity index (χ0) is 13.1. The van der Waals surface area contributed by atoms with Gasteiger partial charge in [-0.25, -0.2) is 0 Å². The molecule has 0 aliphatic heterocycles. The van der Waals surface area contributed by atoms with Gasteiger partial charge in [0, 0.05) is 23.9 Å². The summed E-state index contributed by atoms with van der Waals surface area (Å²) in [5.41, 5.74) is 1.48. The smallest absolute Gasteiger partial charge is 0.124 e. The number of nitrogens with one attached hydrogen (secondary N) is 1. The predicted molar refractivity (Wildman–Crippen MR) is 73.6 cm³/mol. The van der Waals surface area contributed by atoms with Crippen molar-refractivity contribution in [3.63, 3.8) is 0 Å². The summed E-state index contributed by atoms with van der Waals surface area (Å²) >= 11 is 11.7. The lowest BCUT2D eigenvalue weighted by Gasteiger charge is -2.09. The highest BCUT2D eigenvalue weighted by Gasteiger charge is 2.03. The fourth-order valence-corrected chi connectivity index (χ4v) is 1.80. The van der Waals surface area contributed by atoms with Crippen LogP contribution in [0.1, 0.15) is 5.56 Å². The summed E-state index contributed by atoms with van der Waals surface area (Å²) < 4.78 is 0. The van der Waals surface area contributed by atoms with Crippen LogP contribution in [0.15, 0.2) is 36.4 Å². The van der Waals surface area contributed by atoms with Gasteiger partial charge in [-0.05, 0) is 30.3 Å². The Hall–Kier alpha value is -1.58. The third-order valence-corrected chi connectivity index (χ3v) is 3.21. The molecular weight excluding hydrogens is 273 g/mol. The summed E-state index contributed by atoms with van der Waals surface area (Å²) in [6.07, 6.45) is 0. The number of phenols is 2. The van der Waals surface area contributed by atoms with E-state index < -0.39 is 0 Å². The molecule has 0 heterocycles. The Morgan fingerprint density at radius 3 is 2.39 bits per heavy atom. The third-order valence-electron chi connectivity index (χ3n) is 2.47. The summed E-state index contributed by atoms with van der Waals surface area (Å²) in [6.45, 7) is 0.421. The Morgan fingerprint density at radius 2 is 1.72 bits per heavy atom. The van der Waals surface area contributed by atoms with Gasteiger partial charge in [0.2, 0.25) is 0 Å². The number of aromatic hydroxyl groups is 2. The van der Waals surface area contributed by atoms with E-state index in [1.54, 1.807) is 24.3 Å². The van der Waals surface area contributed by atoms with E-state index >= 15 is 0 Å². The van der Waals surface area contributed by atoms with E-state index in [1.165, 1.54) is 12.1 Å². The number of benzene rings is 2. The summed E-state index contributed by atoms with van der Waals surface area (Å²) in [4.78, 5) is 0. The molecule has 18 heavy (non-hydrogen) atoms. The van der Waals surface area contributed by atoms with Crippen LogP contribution in [0, 0.1) is 0 Å². The van der Waals surface area contributed by atoms with Crippen LogP contribution in [0.3, 0.4) is 0 Å². The molecule has 0 fully saturated rings. The molecule has 3 N–H and O–H groups in total. The number of hydrogen-bond donors (Lipinski definition) is 3. The maximum Gasteiger partial charge on any atom is 0.124 e. The zero-order valence-corrected chi connectivity index (χ0v) is 10.8. The molecule has 2 rings (SSSR count). The Bertz CT molecular complexity index is 573. The van der Waals surface area contributed by atoms with Gasteiger partial charge in [0.1, 0.15) is 11.5 Å². The number of rotatable bonds is 3. The number of phenolic OH excluding ortho intramolecular Hbond substituents is 2. The largest absolute Gasteiger partial charge is 0.508 e. The van der Waals surface area contributed by atoms with Gasteiger partial charge in [0.25, 0.3) is 0 Å². The zero-order valence-electron chi connectivity index (χ0n) is 9.32. The van der Waals surface area contributed by atoms with Gasteiger partial charge < -0.3 is 15.5 Å². The van der Waals surface area contributed by atoms with Crippen LogP contribution in [0.4, 0.5) is 5.69 Å². The first-order valence-electron chi connectivity index (χ1n) is 5.26. The molecule has 2 aromatic carbocycles. The predicted octanol–water partition coefficient (Wildman–Crippen LogP) is 4.02. The van der Waals surface area contributed by atoms with Crippen LogP contribution in [-0.4, -0.2) is 10.2 Å². The molecule has 0 amide bonds. The molecule has 2 aromatic rings. The SMILES string of the molecule is Oc1ccc(CNc2ccc(Cl)c(Cl)c2)c(O)c1. The van der Waals surface area contributed by atoms with Crippen LogP contribution >= 0.6 is 23.2 Å². The lowest BCUT2D eigenvalue weighted by atomic mass is 10.2. The Labute approximate surface area is 115 Å². The molecule has 3 nitrogen and oxygen atoms in total. The average Bonchev–Trinajstić information content (AvgIpc) is 2.32. The molecule has 0 aliphatic rings. The maximum absolute atomic E-state index is 9.62. The van der Waals surface area contributed by atoms with Crippen LogP contribution in [-0.2, 0) is 6.54 Å². The number of hydrogen-bond acceptors (Lipinski definition) is 3. The number of anilines is 1. The van der Waals surface area contributed by atoms with Gasteiger partial charge in [-0.15, -0.1) is 0 Å². The van der Waals surface area contributed by atoms with Gasteiger partial charge in [0.05, 0.1) is 10.0 Å². The Balaban J connectivity index is 2.09. The summed E-state index contributed by atoms with van der Waals surface area (Å²) in [7, 11) is 0. The minimum atomic E-state index is 0.0331. The first kappa shape index (κ1) is 12.9. The van der Waals surface area contributed by atoms with Crippen molar-refractivity contribution < 1.29 is 10.2 Å². The standard InChI is InChI=1S/C13H11Cl2NO2/c14-11-4-2-9(5-12(11)15)16-7-8-1-3-10(17)6-13(8)18/h1-6,16-18H,7H2. The third kappa shape index (κ3) is 3.00. The molecule has 94 valence electrons. The van der Waals surface area contributed by atoms with E-state index in [0.717, 1.165) is 5.69 Å². The molecule has 0 spiro atoms. The lowest BCUT2D eigenvalue weighted by Crippen LogP contribution is -1.99. The van der Waals surface area contributed by atoms with Crippen LogP contribution in [0.2, 0.25) is 10.0 Å². The fourth-order valence-electron chi connectivity index (χ4n) is 1.51. The van der Waals surface area contributed by atoms with Crippen molar-refractivity contribution in [3.05, 3.63) is 52.0 Å². The molecule has 0 aliphatic carbocycles. The van der Waals surface area contributed by atoms with E-state index in [2.05, 4.69) is 5.32 Å². The van der Waals surface area contributed by atoms with Crippen molar-refractivity contribution >= 4 is 28.9 Å². The maximum atomic E-state index is 9.62. The summed E-state index contributed by atoms with van der Waals surface area (Å²) in [5.74, 6) is 0.0772. The minimum absolute atomic E-state index is 0.0331. The number of halogens is 2. The molecule has 0 saturated carbocycles. The molecule has 5 heteroatoms. The lowest BCUT2D eigenvalue weighted by molar-refractivity contribution is 0.446. The van der Waals surface area contributed by atoms with Gasteiger partial charge >= 0.3 is 0 Å². The molecule has 0 atom stereocenters. The van der Waals surface area contributed by atoms with Crippen LogP contribution in [0.5, 0.6) is 11.5 Å². The normalized spacial score (nSPS) is 10.3. The van der Waals surface area contributed by atoms with E-state index in [9.17, 15) is 10.2 Å². The molecule has 0 aromatic heterocycles. The van der Waals surface area contributed by atoms with Gasteiger partial charge in [0.15, 0.2) is 0 Å². The first-order valence-corrected chi connectivity index (χ1v) is 6.01. The molecule has 0 unspecified atom stereocenters. The highest BCUT2D eigenvalue weighted by Crippen LogP contribution is 2.27. The van der Waals surface area contributed by atoms with E-state index in [-0.39, 0.29) is 11.5 Å². The van der Waals surface area contributed by atoms with Gasteiger partial charge in [-0.2, -0.15) is 0 Å². The highest BCUT2D eigenvalue weighted by molar-refractivity contribution is 6.42. The van der Waals surface area contributed by atoms with Gasteiger partial charge in [-0.1, -0.05) is 23.2 Å². The second-order valence-electron chi connectivity index (χ2n) is 3.80. The van der Waals surface area contributed by atoms with Crippen molar-refractivity contribution in [1.29, 1.82) is 0 Å². The molecular formula is C13H11Cl2NO2. The minimum Gasteiger partial charge on any atom is -0.508 e. The van der Waals surface area contributed by atoms with Crippen molar-refractivity contribution in [1.82, 2.24) is 0 Å². The van der Waals surface area contributed by atoms with Crippen molar-refractivity contribution in [2.45, 2.75) is 6.54 Å². The molecule has 0 bridgehead atoms. The Morgan fingerprint density at radius 1 is 0.944 bits per heavy atom. The van der Waals surface area contributed by atoms with Crippen LogP contribution < -0.4 is 5.32 Å². The van der Waals surface area contributed by atoms with E-state index in [4.69, 9.17) is 23.2 Å².